The average molecular weight is 248 g/mol. The Morgan fingerprint density at radius 2 is 2.00 bits per heavy atom. The minimum Gasteiger partial charge on any atom is -0.382 e. The van der Waals surface area contributed by atoms with E-state index in [1.807, 2.05) is 18.2 Å². The van der Waals surface area contributed by atoms with Crippen LogP contribution in [0.25, 0.3) is 0 Å². The highest BCUT2D eigenvalue weighted by Crippen LogP contribution is 2.18. The van der Waals surface area contributed by atoms with Crippen LogP contribution in [-0.2, 0) is 0 Å². The number of hydrogen-bond donors (Lipinski definition) is 2. The van der Waals surface area contributed by atoms with Crippen molar-refractivity contribution >= 4 is 11.6 Å². The summed E-state index contributed by atoms with van der Waals surface area (Å²) >= 11 is 0. The SMILES string of the molecule is CCCCCC(CC)Nc1ccccc1C(N)=O. The van der Waals surface area contributed by atoms with E-state index < -0.39 is 0 Å². The molecular weight excluding hydrogens is 224 g/mol. The molecule has 1 atom stereocenters. The molecule has 3 nitrogen and oxygen atoms in total. The number of rotatable bonds is 8. The van der Waals surface area contributed by atoms with Crippen LogP contribution in [0.4, 0.5) is 5.69 Å². The van der Waals surface area contributed by atoms with Crippen LogP contribution < -0.4 is 11.1 Å². The predicted octanol–water partition coefficient (Wildman–Crippen LogP) is 3.56. The zero-order chi connectivity index (χ0) is 13.4. The molecule has 0 spiro atoms. The van der Waals surface area contributed by atoms with Gasteiger partial charge in [-0.1, -0.05) is 45.2 Å². The maximum atomic E-state index is 11.3. The fourth-order valence-electron chi connectivity index (χ4n) is 2.06. The molecule has 18 heavy (non-hydrogen) atoms. The molecule has 0 saturated heterocycles. The van der Waals surface area contributed by atoms with E-state index >= 15 is 0 Å². The first kappa shape index (κ1) is 14.6. The van der Waals surface area contributed by atoms with E-state index in [-0.39, 0.29) is 5.91 Å². The van der Waals surface area contributed by atoms with Gasteiger partial charge in [-0.3, -0.25) is 4.79 Å². The third-order valence-electron chi connectivity index (χ3n) is 3.20. The first-order chi connectivity index (χ1) is 8.69. The number of nitrogens with two attached hydrogens (primary N) is 1. The topological polar surface area (TPSA) is 55.1 Å². The second kappa shape index (κ2) is 7.75. The molecule has 0 aromatic heterocycles. The Bertz CT molecular complexity index is 377. The number of unbranched alkanes of at least 4 members (excludes halogenated alkanes) is 2. The number of benzene rings is 1. The van der Waals surface area contributed by atoms with Gasteiger partial charge in [0.1, 0.15) is 0 Å². The highest BCUT2D eigenvalue weighted by atomic mass is 16.1. The number of amides is 1. The molecule has 3 heteroatoms. The summed E-state index contributed by atoms with van der Waals surface area (Å²) in [6.07, 6.45) is 5.90. The van der Waals surface area contributed by atoms with Gasteiger partial charge in [0.15, 0.2) is 0 Å². The van der Waals surface area contributed by atoms with Crippen LogP contribution >= 0.6 is 0 Å². The lowest BCUT2D eigenvalue weighted by atomic mass is 10.0. The lowest BCUT2D eigenvalue weighted by Gasteiger charge is -2.19. The molecule has 0 radical (unpaired) electrons. The number of anilines is 1. The third-order valence-corrected chi connectivity index (χ3v) is 3.20. The fourth-order valence-corrected chi connectivity index (χ4v) is 2.06. The van der Waals surface area contributed by atoms with E-state index in [1.165, 1.54) is 19.3 Å². The minimum absolute atomic E-state index is 0.374. The molecule has 3 N–H and O–H groups in total. The molecule has 0 aliphatic heterocycles. The average Bonchev–Trinajstić information content (AvgIpc) is 2.38. The second-order valence-corrected chi connectivity index (χ2v) is 4.66. The van der Waals surface area contributed by atoms with Gasteiger partial charge in [0.2, 0.25) is 0 Å². The van der Waals surface area contributed by atoms with Crippen LogP contribution in [0.5, 0.6) is 0 Å². The standard InChI is InChI=1S/C15H24N2O/c1-3-5-6-9-12(4-2)17-14-11-8-7-10-13(14)15(16)18/h7-8,10-12,17H,3-6,9H2,1-2H3,(H2,16,18). The molecule has 0 aliphatic rings. The quantitative estimate of drug-likeness (QED) is 0.691. The number of hydrogen-bond acceptors (Lipinski definition) is 2. The lowest BCUT2D eigenvalue weighted by Crippen LogP contribution is -2.21. The molecular formula is C15H24N2O. The minimum atomic E-state index is -0.374. The van der Waals surface area contributed by atoms with Gasteiger partial charge in [-0.2, -0.15) is 0 Å². The van der Waals surface area contributed by atoms with Crippen LogP contribution in [0.3, 0.4) is 0 Å². The van der Waals surface area contributed by atoms with Gasteiger partial charge in [-0.05, 0) is 25.0 Å². The molecule has 1 unspecified atom stereocenters. The molecule has 1 aromatic carbocycles. The van der Waals surface area contributed by atoms with Crippen LogP contribution in [0.15, 0.2) is 24.3 Å². The zero-order valence-electron chi connectivity index (χ0n) is 11.4. The van der Waals surface area contributed by atoms with Crippen LogP contribution in [-0.4, -0.2) is 11.9 Å². The van der Waals surface area contributed by atoms with Crippen molar-refractivity contribution in [2.45, 2.75) is 52.0 Å². The summed E-state index contributed by atoms with van der Waals surface area (Å²) in [5, 5.41) is 3.44. The van der Waals surface area contributed by atoms with Crippen molar-refractivity contribution in [1.82, 2.24) is 0 Å². The molecule has 1 rings (SSSR count). The summed E-state index contributed by atoms with van der Waals surface area (Å²) in [7, 11) is 0. The van der Waals surface area contributed by atoms with Gasteiger partial charge >= 0.3 is 0 Å². The van der Waals surface area contributed by atoms with Crippen LogP contribution in [0.2, 0.25) is 0 Å². The van der Waals surface area contributed by atoms with Crippen LogP contribution in [0.1, 0.15) is 56.3 Å². The Morgan fingerprint density at radius 1 is 1.28 bits per heavy atom. The summed E-state index contributed by atoms with van der Waals surface area (Å²) in [4.78, 5) is 11.3. The zero-order valence-corrected chi connectivity index (χ0v) is 11.4. The molecule has 0 fully saturated rings. The maximum Gasteiger partial charge on any atom is 0.250 e. The molecule has 0 heterocycles. The molecule has 1 aromatic rings. The second-order valence-electron chi connectivity index (χ2n) is 4.66. The molecule has 1 amide bonds. The van der Waals surface area contributed by atoms with Gasteiger partial charge in [0.05, 0.1) is 5.56 Å². The summed E-state index contributed by atoms with van der Waals surface area (Å²) in [6, 6.07) is 7.86. The Balaban J connectivity index is 2.66. The van der Waals surface area contributed by atoms with Crippen molar-refractivity contribution < 1.29 is 4.79 Å². The number of carbonyl (C=O) groups excluding carboxylic acids is 1. The largest absolute Gasteiger partial charge is 0.382 e. The Morgan fingerprint density at radius 3 is 2.61 bits per heavy atom. The van der Waals surface area contributed by atoms with Gasteiger partial charge in [0, 0.05) is 11.7 Å². The van der Waals surface area contributed by atoms with E-state index in [0.29, 0.717) is 11.6 Å². The fraction of sp³-hybridized carbons (Fsp3) is 0.533. The van der Waals surface area contributed by atoms with Crippen molar-refractivity contribution in [3.05, 3.63) is 29.8 Å². The number of nitrogens with one attached hydrogen (secondary N) is 1. The van der Waals surface area contributed by atoms with E-state index in [2.05, 4.69) is 19.2 Å². The highest BCUT2D eigenvalue weighted by Gasteiger charge is 2.11. The maximum absolute atomic E-state index is 11.3. The van der Waals surface area contributed by atoms with Gasteiger partial charge in [0.25, 0.3) is 5.91 Å². The van der Waals surface area contributed by atoms with Gasteiger partial charge in [-0.25, -0.2) is 0 Å². The summed E-state index contributed by atoms with van der Waals surface area (Å²) in [5.74, 6) is -0.374. The van der Waals surface area contributed by atoms with E-state index in [4.69, 9.17) is 5.73 Å². The Hall–Kier alpha value is -1.51. The third kappa shape index (κ3) is 4.40. The number of primary amides is 1. The van der Waals surface area contributed by atoms with E-state index in [0.717, 1.165) is 18.5 Å². The Labute approximate surface area is 110 Å². The first-order valence-corrected chi connectivity index (χ1v) is 6.84. The molecule has 0 aliphatic carbocycles. The molecule has 0 saturated carbocycles. The van der Waals surface area contributed by atoms with Gasteiger partial charge < -0.3 is 11.1 Å². The predicted molar refractivity (Wildman–Crippen MR) is 76.8 cm³/mol. The lowest BCUT2D eigenvalue weighted by molar-refractivity contribution is 0.100. The number of para-hydroxylation sites is 1. The molecule has 0 bridgehead atoms. The summed E-state index contributed by atoms with van der Waals surface area (Å²) in [6.45, 7) is 4.37. The van der Waals surface area contributed by atoms with Crippen molar-refractivity contribution in [2.24, 2.45) is 5.73 Å². The van der Waals surface area contributed by atoms with Crippen molar-refractivity contribution in [3.8, 4) is 0 Å². The van der Waals surface area contributed by atoms with Crippen molar-refractivity contribution in [3.63, 3.8) is 0 Å². The Kier molecular flexibility index (Phi) is 6.26. The highest BCUT2D eigenvalue weighted by molar-refractivity contribution is 5.98. The van der Waals surface area contributed by atoms with Crippen molar-refractivity contribution in [2.75, 3.05) is 5.32 Å². The van der Waals surface area contributed by atoms with Crippen LogP contribution in [0, 0.1) is 0 Å². The summed E-state index contributed by atoms with van der Waals surface area (Å²) in [5.41, 5.74) is 6.80. The normalized spacial score (nSPS) is 12.1. The smallest absolute Gasteiger partial charge is 0.250 e. The van der Waals surface area contributed by atoms with Gasteiger partial charge in [-0.15, -0.1) is 0 Å². The van der Waals surface area contributed by atoms with E-state index in [1.54, 1.807) is 6.07 Å². The monoisotopic (exact) mass is 248 g/mol. The van der Waals surface area contributed by atoms with Crippen molar-refractivity contribution in [1.29, 1.82) is 0 Å². The number of carbonyl (C=O) groups is 1. The van der Waals surface area contributed by atoms with E-state index in [9.17, 15) is 4.79 Å². The first-order valence-electron chi connectivity index (χ1n) is 6.84. The summed E-state index contributed by atoms with van der Waals surface area (Å²) < 4.78 is 0. The molecule has 100 valence electrons.